The minimum absolute atomic E-state index is 0.0333. The lowest BCUT2D eigenvalue weighted by Gasteiger charge is -2.21. The highest BCUT2D eigenvalue weighted by atomic mass is 32.2. The molecule has 2 aromatic rings. The summed E-state index contributed by atoms with van der Waals surface area (Å²) in [6, 6.07) is 13.3. The summed E-state index contributed by atoms with van der Waals surface area (Å²) in [5.41, 5.74) is 3.08. The highest BCUT2D eigenvalue weighted by molar-refractivity contribution is 7.89. The van der Waals surface area contributed by atoms with Gasteiger partial charge in [-0.2, -0.15) is 0 Å². The molecule has 1 unspecified atom stereocenters. The lowest BCUT2D eigenvalue weighted by molar-refractivity contribution is 0.451. The molecule has 0 spiro atoms. The van der Waals surface area contributed by atoms with Crippen LogP contribution in [0.1, 0.15) is 22.6 Å². The summed E-state index contributed by atoms with van der Waals surface area (Å²) in [6.07, 6.45) is 0.758. The van der Waals surface area contributed by atoms with E-state index in [-0.39, 0.29) is 16.6 Å². The second-order valence-electron chi connectivity index (χ2n) is 6.22. The molecule has 6 heteroatoms. The van der Waals surface area contributed by atoms with E-state index in [1.165, 1.54) is 14.1 Å². The van der Waals surface area contributed by atoms with E-state index in [4.69, 9.17) is 0 Å². The molecular weight excluding hydrogens is 324 g/mol. The third-order valence-electron chi connectivity index (χ3n) is 4.48. The Bertz CT molecular complexity index is 833. The van der Waals surface area contributed by atoms with E-state index in [1.54, 1.807) is 12.1 Å². The normalized spacial score (nSPS) is 18.2. The van der Waals surface area contributed by atoms with Crippen LogP contribution < -0.4 is 5.32 Å². The molecule has 1 aliphatic rings. The fourth-order valence-electron chi connectivity index (χ4n) is 3.13. The van der Waals surface area contributed by atoms with Crippen molar-refractivity contribution in [3.63, 3.8) is 0 Å². The van der Waals surface area contributed by atoms with Crippen LogP contribution in [-0.4, -0.2) is 45.0 Å². The fourth-order valence-corrected chi connectivity index (χ4v) is 4.13. The third-order valence-corrected chi connectivity index (χ3v) is 6.32. The summed E-state index contributed by atoms with van der Waals surface area (Å²) in [5.74, 6) is -0.128. The Morgan fingerprint density at radius 1 is 1.17 bits per heavy atom. The van der Waals surface area contributed by atoms with Crippen molar-refractivity contribution in [2.75, 3.05) is 27.2 Å². The minimum Gasteiger partial charge on any atom is -0.507 e. The van der Waals surface area contributed by atoms with Gasteiger partial charge >= 0.3 is 0 Å². The SMILES string of the molecule is CN(C)S(=O)(=O)c1cc2c(cc1O)CCNCC2c1ccccc1. The quantitative estimate of drug-likeness (QED) is 0.891. The van der Waals surface area contributed by atoms with Crippen LogP contribution in [0.25, 0.3) is 0 Å². The Kier molecular flexibility index (Phi) is 4.62. The Morgan fingerprint density at radius 2 is 1.88 bits per heavy atom. The number of hydrogen-bond donors (Lipinski definition) is 2. The molecular formula is C18H22N2O3S. The first-order chi connectivity index (χ1) is 11.4. The first-order valence-electron chi connectivity index (χ1n) is 7.95. The summed E-state index contributed by atoms with van der Waals surface area (Å²) in [4.78, 5) is -0.0333. The molecule has 0 saturated carbocycles. The number of rotatable bonds is 3. The second-order valence-corrected chi connectivity index (χ2v) is 8.34. The van der Waals surface area contributed by atoms with Gasteiger partial charge in [-0.1, -0.05) is 30.3 Å². The van der Waals surface area contributed by atoms with E-state index in [0.717, 1.165) is 40.5 Å². The molecule has 2 aromatic carbocycles. The maximum Gasteiger partial charge on any atom is 0.246 e. The van der Waals surface area contributed by atoms with Crippen LogP contribution in [-0.2, 0) is 16.4 Å². The zero-order valence-electron chi connectivity index (χ0n) is 13.9. The average molecular weight is 346 g/mol. The van der Waals surface area contributed by atoms with Gasteiger partial charge in [-0.15, -0.1) is 0 Å². The number of nitrogens with one attached hydrogen (secondary N) is 1. The lowest BCUT2D eigenvalue weighted by Crippen LogP contribution is -2.23. The molecule has 1 atom stereocenters. The standard InChI is InChI=1S/C18H22N2O3S/c1-20(2)24(22,23)18-11-15-14(10-17(18)21)8-9-19-12-16(15)13-6-4-3-5-7-13/h3-7,10-11,16,19,21H,8-9,12H2,1-2H3. The average Bonchev–Trinajstić information content (AvgIpc) is 2.76. The van der Waals surface area contributed by atoms with Gasteiger partial charge < -0.3 is 10.4 Å². The maximum absolute atomic E-state index is 12.5. The Balaban J connectivity index is 2.18. The summed E-state index contributed by atoms with van der Waals surface area (Å²) < 4.78 is 26.2. The van der Waals surface area contributed by atoms with Crippen molar-refractivity contribution in [2.45, 2.75) is 17.2 Å². The zero-order chi connectivity index (χ0) is 17.3. The largest absolute Gasteiger partial charge is 0.507 e. The maximum atomic E-state index is 12.5. The van der Waals surface area contributed by atoms with Crippen molar-refractivity contribution in [1.29, 1.82) is 0 Å². The smallest absolute Gasteiger partial charge is 0.246 e. The second kappa shape index (κ2) is 6.55. The van der Waals surface area contributed by atoms with Crippen molar-refractivity contribution < 1.29 is 13.5 Å². The van der Waals surface area contributed by atoms with Crippen molar-refractivity contribution in [3.05, 3.63) is 59.2 Å². The lowest BCUT2D eigenvalue weighted by atomic mass is 9.88. The van der Waals surface area contributed by atoms with Crippen molar-refractivity contribution in [3.8, 4) is 5.75 Å². The number of nitrogens with zero attached hydrogens (tertiary/aromatic N) is 1. The van der Waals surface area contributed by atoms with Gasteiger partial charge in [-0.3, -0.25) is 0 Å². The van der Waals surface area contributed by atoms with Gasteiger partial charge in [0.05, 0.1) is 0 Å². The van der Waals surface area contributed by atoms with Crippen LogP contribution in [0.15, 0.2) is 47.4 Å². The Hall–Kier alpha value is -1.89. The van der Waals surface area contributed by atoms with Crippen molar-refractivity contribution >= 4 is 10.0 Å². The zero-order valence-corrected chi connectivity index (χ0v) is 14.7. The molecule has 128 valence electrons. The Labute approximate surface area is 143 Å². The van der Waals surface area contributed by atoms with Crippen LogP contribution in [0.5, 0.6) is 5.75 Å². The molecule has 0 amide bonds. The minimum atomic E-state index is -3.70. The first kappa shape index (κ1) is 17.0. The predicted molar refractivity (Wildman–Crippen MR) is 93.8 cm³/mol. The van der Waals surface area contributed by atoms with Crippen molar-refractivity contribution in [1.82, 2.24) is 9.62 Å². The van der Waals surface area contributed by atoms with E-state index >= 15 is 0 Å². The molecule has 0 aromatic heterocycles. The van der Waals surface area contributed by atoms with Crippen LogP contribution in [0, 0.1) is 0 Å². The highest BCUT2D eigenvalue weighted by Crippen LogP contribution is 2.35. The first-order valence-corrected chi connectivity index (χ1v) is 9.39. The van der Waals surface area contributed by atoms with Gasteiger partial charge in [0.25, 0.3) is 0 Å². The summed E-state index contributed by atoms with van der Waals surface area (Å²) >= 11 is 0. The van der Waals surface area contributed by atoms with Crippen LogP contribution in [0.4, 0.5) is 0 Å². The third kappa shape index (κ3) is 3.05. The van der Waals surface area contributed by atoms with Crippen molar-refractivity contribution in [2.24, 2.45) is 0 Å². The van der Waals surface area contributed by atoms with Gasteiger partial charge in [0.15, 0.2) is 0 Å². The molecule has 1 heterocycles. The molecule has 0 aliphatic carbocycles. The topological polar surface area (TPSA) is 69.6 Å². The number of phenolic OH excluding ortho intramolecular Hbond substituents is 1. The van der Waals surface area contributed by atoms with Gasteiger partial charge in [-0.25, -0.2) is 12.7 Å². The molecule has 24 heavy (non-hydrogen) atoms. The van der Waals surface area contributed by atoms with Crippen LogP contribution in [0.2, 0.25) is 0 Å². The van der Waals surface area contributed by atoms with E-state index in [2.05, 4.69) is 17.4 Å². The molecule has 2 N–H and O–H groups in total. The molecule has 0 saturated heterocycles. The number of sulfonamides is 1. The van der Waals surface area contributed by atoms with E-state index in [1.807, 2.05) is 18.2 Å². The number of benzene rings is 2. The Morgan fingerprint density at radius 3 is 2.54 bits per heavy atom. The number of aromatic hydroxyl groups is 1. The predicted octanol–water partition coefficient (Wildman–Crippen LogP) is 1.92. The number of hydrogen-bond acceptors (Lipinski definition) is 4. The van der Waals surface area contributed by atoms with E-state index < -0.39 is 10.0 Å². The van der Waals surface area contributed by atoms with Crippen LogP contribution in [0.3, 0.4) is 0 Å². The monoisotopic (exact) mass is 346 g/mol. The summed E-state index contributed by atoms with van der Waals surface area (Å²) in [5, 5.41) is 13.7. The van der Waals surface area contributed by atoms with E-state index in [9.17, 15) is 13.5 Å². The van der Waals surface area contributed by atoms with E-state index in [0.29, 0.717) is 0 Å². The molecule has 0 radical (unpaired) electrons. The van der Waals surface area contributed by atoms with Gasteiger partial charge in [-0.05, 0) is 41.8 Å². The summed E-state index contributed by atoms with van der Waals surface area (Å²) in [6.45, 7) is 1.54. The molecule has 0 fully saturated rings. The molecule has 5 nitrogen and oxygen atoms in total. The molecule has 1 aliphatic heterocycles. The van der Waals surface area contributed by atoms with Gasteiger partial charge in [0, 0.05) is 26.6 Å². The van der Waals surface area contributed by atoms with Gasteiger partial charge in [0.2, 0.25) is 10.0 Å². The van der Waals surface area contributed by atoms with Gasteiger partial charge in [0.1, 0.15) is 10.6 Å². The fraction of sp³-hybridized carbons (Fsp3) is 0.333. The molecule has 0 bridgehead atoms. The summed E-state index contributed by atoms with van der Waals surface area (Å²) in [7, 11) is -0.758. The van der Waals surface area contributed by atoms with Crippen LogP contribution >= 0.6 is 0 Å². The molecule has 3 rings (SSSR count). The number of fused-ring (bicyclic) bond motifs is 1. The number of phenols is 1. The highest BCUT2D eigenvalue weighted by Gasteiger charge is 2.27.